The van der Waals surface area contributed by atoms with E-state index in [-0.39, 0.29) is 26.1 Å². The molecule has 35 heavy (non-hydrogen) atoms. The predicted octanol–water partition coefficient (Wildman–Crippen LogP) is 2.66. The molecular weight excluding hydrogens is 452 g/mol. The summed E-state index contributed by atoms with van der Waals surface area (Å²) in [5.74, 6) is -3.81. The molecule has 1 atom stereocenters. The molecule has 3 N–H and O–H groups in total. The van der Waals surface area contributed by atoms with Crippen molar-refractivity contribution in [3.05, 3.63) is 71.8 Å². The van der Waals surface area contributed by atoms with E-state index in [2.05, 4.69) is 0 Å². The second-order valence-corrected chi connectivity index (χ2v) is 9.01. The van der Waals surface area contributed by atoms with Crippen LogP contribution in [0.3, 0.4) is 0 Å². The van der Waals surface area contributed by atoms with E-state index < -0.39 is 41.4 Å². The summed E-state index contributed by atoms with van der Waals surface area (Å²) in [6.45, 7) is 4.68. The van der Waals surface area contributed by atoms with Crippen LogP contribution in [0, 0.1) is 0 Å². The molecular formula is C26H32N2O7. The average Bonchev–Trinajstić information content (AvgIpc) is 2.82. The Kier molecular flexibility index (Phi) is 9.96. The summed E-state index contributed by atoms with van der Waals surface area (Å²) in [7, 11) is 0. The van der Waals surface area contributed by atoms with E-state index in [9.17, 15) is 19.2 Å². The lowest BCUT2D eigenvalue weighted by molar-refractivity contribution is -0.174. The molecule has 188 valence electrons. The van der Waals surface area contributed by atoms with Crippen molar-refractivity contribution in [3.8, 4) is 0 Å². The normalized spacial score (nSPS) is 12.0. The van der Waals surface area contributed by atoms with Gasteiger partial charge in [-0.1, -0.05) is 60.7 Å². The zero-order valence-electron chi connectivity index (χ0n) is 20.2. The largest absolute Gasteiger partial charge is 0.481 e. The number of benzene rings is 2. The average molecular weight is 485 g/mol. The van der Waals surface area contributed by atoms with Crippen LogP contribution < -0.4 is 5.73 Å². The Morgan fingerprint density at radius 2 is 1.29 bits per heavy atom. The minimum atomic E-state index is -1.73. The van der Waals surface area contributed by atoms with Crippen LogP contribution in [0.5, 0.6) is 0 Å². The van der Waals surface area contributed by atoms with Crippen LogP contribution in [0.2, 0.25) is 0 Å². The smallest absolute Gasteiger partial charge is 0.341 e. The Bertz CT molecular complexity index is 948. The predicted molar refractivity (Wildman–Crippen MR) is 128 cm³/mol. The quantitative estimate of drug-likeness (QED) is 0.367. The number of hydrogen-bond donors (Lipinski definition) is 2. The summed E-state index contributed by atoms with van der Waals surface area (Å²) in [6, 6.07) is 14.8. The number of nitrogens with zero attached hydrogens (tertiary/aromatic N) is 1. The third kappa shape index (κ3) is 8.53. The highest BCUT2D eigenvalue weighted by Gasteiger charge is 2.45. The van der Waals surface area contributed by atoms with E-state index >= 15 is 0 Å². The number of rotatable bonds is 11. The van der Waals surface area contributed by atoms with Gasteiger partial charge in [0.25, 0.3) is 0 Å². The molecule has 2 aromatic carbocycles. The second kappa shape index (κ2) is 12.7. The van der Waals surface area contributed by atoms with Crippen LogP contribution in [0.15, 0.2) is 60.7 Å². The molecule has 1 amide bonds. The number of carboxylic acid groups (broad SMARTS) is 1. The van der Waals surface area contributed by atoms with Gasteiger partial charge in [0.15, 0.2) is 0 Å². The van der Waals surface area contributed by atoms with Crippen LogP contribution in [-0.4, -0.2) is 51.4 Å². The maximum Gasteiger partial charge on any atom is 0.341 e. The number of hydrogen-bond acceptors (Lipinski definition) is 7. The van der Waals surface area contributed by atoms with E-state index in [1.54, 1.807) is 69.3 Å². The molecule has 0 saturated heterocycles. The molecule has 0 aliphatic carbocycles. The summed E-state index contributed by atoms with van der Waals surface area (Å²) in [5, 5.41) is 8.96. The fraction of sp³-hybridized carbons (Fsp3) is 0.385. The van der Waals surface area contributed by atoms with Crippen LogP contribution in [0.4, 0.5) is 0 Å². The van der Waals surface area contributed by atoms with Crippen molar-refractivity contribution < 1.29 is 33.8 Å². The van der Waals surface area contributed by atoms with Gasteiger partial charge in [0, 0.05) is 12.0 Å². The summed E-state index contributed by atoms with van der Waals surface area (Å²) in [6.07, 6.45) is -0.502. The zero-order valence-corrected chi connectivity index (χ0v) is 20.2. The zero-order chi connectivity index (χ0) is 26.0. The lowest BCUT2D eigenvalue weighted by Crippen LogP contribution is -2.62. The molecule has 0 aliphatic rings. The molecule has 0 unspecified atom stereocenters. The summed E-state index contributed by atoms with van der Waals surface area (Å²) in [5.41, 5.74) is 6.33. The topological polar surface area (TPSA) is 136 Å². The first-order valence-corrected chi connectivity index (χ1v) is 11.2. The van der Waals surface area contributed by atoms with Crippen LogP contribution in [-0.2, 0) is 41.9 Å². The number of esters is 2. The van der Waals surface area contributed by atoms with Gasteiger partial charge in [-0.15, -0.1) is 0 Å². The third-order valence-corrected chi connectivity index (χ3v) is 5.10. The monoisotopic (exact) mass is 484 g/mol. The van der Waals surface area contributed by atoms with Gasteiger partial charge < -0.3 is 25.2 Å². The Hall–Kier alpha value is -3.72. The summed E-state index contributed by atoms with van der Waals surface area (Å²) < 4.78 is 10.8. The van der Waals surface area contributed by atoms with Crippen molar-refractivity contribution in [2.75, 3.05) is 0 Å². The molecule has 0 spiro atoms. The molecule has 2 aromatic rings. The maximum absolute atomic E-state index is 13.3. The van der Waals surface area contributed by atoms with Crippen molar-refractivity contribution in [2.24, 2.45) is 5.73 Å². The summed E-state index contributed by atoms with van der Waals surface area (Å²) >= 11 is 0. The molecule has 0 heterocycles. The van der Waals surface area contributed by atoms with Crippen molar-refractivity contribution >= 4 is 23.8 Å². The van der Waals surface area contributed by atoms with Gasteiger partial charge in [-0.25, -0.2) is 9.59 Å². The van der Waals surface area contributed by atoms with Gasteiger partial charge >= 0.3 is 17.9 Å². The SMILES string of the molecule is CC(C)(C)N(C(=O)[C@@H](N)CCC(=O)O)C(C(=O)OCc1ccccc1)C(=O)OCc1ccccc1. The van der Waals surface area contributed by atoms with Gasteiger partial charge in [-0.2, -0.15) is 0 Å². The molecule has 0 aliphatic heterocycles. The fourth-order valence-electron chi connectivity index (χ4n) is 3.35. The molecule has 0 radical (unpaired) electrons. The highest BCUT2D eigenvalue weighted by Crippen LogP contribution is 2.22. The number of nitrogens with two attached hydrogens (primary N) is 1. The Morgan fingerprint density at radius 1 is 0.857 bits per heavy atom. The Morgan fingerprint density at radius 3 is 1.66 bits per heavy atom. The number of carbonyl (C=O) groups excluding carboxylic acids is 3. The number of ether oxygens (including phenoxy) is 2. The van der Waals surface area contributed by atoms with Gasteiger partial charge in [0.1, 0.15) is 13.2 Å². The Balaban J connectivity index is 2.32. The minimum absolute atomic E-state index is 0.112. The fourth-order valence-corrected chi connectivity index (χ4v) is 3.35. The van der Waals surface area contributed by atoms with Crippen LogP contribution in [0.25, 0.3) is 0 Å². The standard InChI is InChI=1S/C26H32N2O7/c1-26(2,3)28(23(31)20(27)14-15-21(29)30)22(24(32)34-16-18-10-6-4-7-11-18)25(33)35-17-19-12-8-5-9-13-19/h4-13,20,22H,14-17,27H2,1-3H3,(H,29,30)/t20-/m0/s1. The van der Waals surface area contributed by atoms with Crippen LogP contribution >= 0.6 is 0 Å². The van der Waals surface area contributed by atoms with Gasteiger partial charge in [0.2, 0.25) is 11.9 Å². The maximum atomic E-state index is 13.3. The number of aliphatic carboxylic acids is 1. The highest BCUT2D eigenvalue weighted by molar-refractivity contribution is 6.03. The lowest BCUT2D eigenvalue weighted by atomic mass is 9.99. The molecule has 2 rings (SSSR count). The molecule has 0 fully saturated rings. The van der Waals surface area contributed by atoms with E-state index in [0.29, 0.717) is 11.1 Å². The van der Waals surface area contributed by atoms with Crippen molar-refractivity contribution in [2.45, 2.75) is 64.4 Å². The van der Waals surface area contributed by atoms with E-state index in [1.165, 1.54) is 0 Å². The first-order chi connectivity index (χ1) is 16.5. The molecule has 0 saturated carbocycles. The Labute approximate surface area is 204 Å². The highest BCUT2D eigenvalue weighted by atomic mass is 16.6. The number of carboxylic acids is 1. The van der Waals surface area contributed by atoms with Crippen LogP contribution in [0.1, 0.15) is 44.7 Å². The first-order valence-electron chi connectivity index (χ1n) is 11.2. The molecule has 0 aromatic heterocycles. The van der Waals surface area contributed by atoms with E-state index in [0.717, 1.165) is 4.90 Å². The third-order valence-electron chi connectivity index (χ3n) is 5.10. The first kappa shape index (κ1) is 27.5. The van der Waals surface area contributed by atoms with Crippen molar-refractivity contribution in [1.82, 2.24) is 4.90 Å². The molecule has 0 bridgehead atoms. The van der Waals surface area contributed by atoms with Crippen molar-refractivity contribution in [1.29, 1.82) is 0 Å². The minimum Gasteiger partial charge on any atom is -0.481 e. The molecule has 9 heteroatoms. The van der Waals surface area contributed by atoms with E-state index in [4.69, 9.17) is 20.3 Å². The molecule has 9 nitrogen and oxygen atoms in total. The van der Waals surface area contributed by atoms with Gasteiger partial charge in [0.05, 0.1) is 6.04 Å². The number of carbonyl (C=O) groups is 4. The second-order valence-electron chi connectivity index (χ2n) is 9.01. The van der Waals surface area contributed by atoms with Gasteiger partial charge in [-0.3, -0.25) is 9.59 Å². The van der Waals surface area contributed by atoms with Crippen molar-refractivity contribution in [3.63, 3.8) is 0 Å². The van der Waals surface area contributed by atoms with Gasteiger partial charge in [-0.05, 0) is 38.3 Å². The lowest BCUT2D eigenvalue weighted by Gasteiger charge is -2.40. The number of amides is 1. The van der Waals surface area contributed by atoms with E-state index in [1.807, 2.05) is 12.1 Å². The summed E-state index contributed by atoms with van der Waals surface area (Å²) in [4.78, 5) is 51.7.